The van der Waals surface area contributed by atoms with Gasteiger partial charge in [0.1, 0.15) is 5.82 Å². The third kappa shape index (κ3) is 2.24. The van der Waals surface area contributed by atoms with Crippen molar-refractivity contribution < 1.29 is 9.90 Å². The van der Waals surface area contributed by atoms with Gasteiger partial charge in [0.05, 0.1) is 12.5 Å². The highest BCUT2D eigenvalue weighted by Crippen LogP contribution is 2.15. The van der Waals surface area contributed by atoms with Crippen LogP contribution in [-0.4, -0.2) is 33.5 Å². The highest BCUT2D eigenvalue weighted by molar-refractivity contribution is 5.79. The van der Waals surface area contributed by atoms with Crippen molar-refractivity contribution in [1.29, 1.82) is 0 Å². The van der Waals surface area contributed by atoms with E-state index in [-0.39, 0.29) is 12.3 Å². The van der Waals surface area contributed by atoms with Crippen LogP contribution in [0.3, 0.4) is 0 Å². The normalized spacial score (nSPS) is 21.0. The first kappa shape index (κ1) is 9.92. The van der Waals surface area contributed by atoms with Crippen LogP contribution < -0.4 is 5.73 Å². The summed E-state index contributed by atoms with van der Waals surface area (Å²) in [5.74, 6) is 0.428. The van der Waals surface area contributed by atoms with Gasteiger partial charge in [0.25, 0.3) is 0 Å². The van der Waals surface area contributed by atoms with Gasteiger partial charge in [-0.05, 0) is 17.7 Å². The van der Waals surface area contributed by atoms with Gasteiger partial charge >= 0.3 is 0 Å². The number of nitrogens with two attached hydrogens (primary N) is 1. The zero-order valence-electron chi connectivity index (χ0n) is 8.26. The van der Waals surface area contributed by atoms with Crippen LogP contribution in [0.25, 0.3) is 0 Å². The molecule has 1 fully saturated rings. The largest absolute Gasteiger partial charge is 0.391 e. The summed E-state index contributed by atoms with van der Waals surface area (Å²) in [6, 6.07) is 3.55. The molecule has 5 nitrogen and oxygen atoms in total. The first-order valence-electron chi connectivity index (χ1n) is 4.81. The lowest BCUT2D eigenvalue weighted by Gasteiger charge is -2.15. The summed E-state index contributed by atoms with van der Waals surface area (Å²) >= 11 is 0. The van der Waals surface area contributed by atoms with Crippen molar-refractivity contribution in [2.24, 2.45) is 0 Å². The fourth-order valence-electron chi connectivity index (χ4n) is 1.72. The number of anilines is 1. The molecular weight excluding hydrogens is 194 g/mol. The van der Waals surface area contributed by atoms with E-state index in [4.69, 9.17) is 5.73 Å². The summed E-state index contributed by atoms with van der Waals surface area (Å²) in [7, 11) is 0. The van der Waals surface area contributed by atoms with Gasteiger partial charge in [-0.1, -0.05) is 0 Å². The number of carbonyl (C=O) groups is 1. The minimum Gasteiger partial charge on any atom is -0.391 e. The van der Waals surface area contributed by atoms with Gasteiger partial charge in [-0.3, -0.25) is 4.79 Å². The SMILES string of the molecule is Nc1cc(CN2CC(O)CC2=O)ccn1. The molecule has 0 saturated carbocycles. The highest BCUT2D eigenvalue weighted by Gasteiger charge is 2.27. The second-order valence-corrected chi connectivity index (χ2v) is 3.72. The van der Waals surface area contributed by atoms with Crippen molar-refractivity contribution in [1.82, 2.24) is 9.88 Å². The Morgan fingerprint density at radius 3 is 3.07 bits per heavy atom. The molecule has 1 saturated heterocycles. The number of rotatable bonds is 2. The minimum absolute atomic E-state index is 0.0158. The summed E-state index contributed by atoms with van der Waals surface area (Å²) in [5.41, 5.74) is 6.47. The predicted molar refractivity (Wildman–Crippen MR) is 54.7 cm³/mol. The fourth-order valence-corrected chi connectivity index (χ4v) is 1.72. The molecule has 0 bridgehead atoms. The third-order valence-electron chi connectivity index (χ3n) is 2.41. The van der Waals surface area contributed by atoms with Crippen LogP contribution in [-0.2, 0) is 11.3 Å². The van der Waals surface area contributed by atoms with E-state index in [0.29, 0.717) is 18.9 Å². The lowest BCUT2D eigenvalue weighted by atomic mass is 10.2. The Bertz CT molecular complexity index is 381. The quantitative estimate of drug-likeness (QED) is 0.701. The van der Waals surface area contributed by atoms with Crippen molar-refractivity contribution in [3.63, 3.8) is 0 Å². The van der Waals surface area contributed by atoms with Crippen LogP contribution in [0.4, 0.5) is 5.82 Å². The average Bonchev–Trinajstić information content (AvgIpc) is 2.45. The van der Waals surface area contributed by atoms with Crippen LogP contribution in [0, 0.1) is 0 Å². The van der Waals surface area contributed by atoms with Crippen LogP contribution in [0.2, 0.25) is 0 Å². The van der Waals surface area contributed by atoms with Gasteiger partial charge < -0.3 is 15.7 Å². The second-order valence-electron chi connectivity index (χ2n) is 3.72. The van der Waals surface area contributed by atoms with E-state index in [9.17, 15) is 9.90 Å². The maximum Gasteiger partial charge on any atom is 0.225 e. The van der Waals surface area contributed by atoms with Crippen LogP contribution in [0.1, 0.15) is 12.0 Å². The molecule has 1 aliphatic rings. The zero-order chi connectivity index (χ0) is 10.8. The number of likely N-dealkylation sites (tertiary alicyclic amines) is 1. The van der Waals surface area contributed by atoms with Crippen LogP contribution >= 0.6 is 0 Å². The summed E-state index contributed by atoms with van der Waals surface area (Å²) in [4.78, 5) is 16.9. The lowest BCUT2D eigenvalue weighted by Crippen LogP contribution is -2.25. The van der Waals surface area contributed by atoms with Gasteiger partial charge in [0.15, 0.2) is 0 Å². The number of carbonyl (C=O) groups excluding carboxylic acids is 1. The van der Waals surface area contributed by atoms with E-state index in [2.05, 4.69) is 4.98 Å². The van der Waals surface area contributed by atoms with Crippen molar-refractivity contribution in [3.05, 3.63) is 23.9 Å². The predicted octanol–water partition coefficient (Wildman–Crippen LogP) is -0.243. The molecule has 1 aromatic heterocycles. The number of hydrogen-bond donors (Lipinski definition) is 2. The molecule has 1 aromatic rings. The molecule has 0 radical (unpaired) electrons. The number of β-amino-alcohol motifs (C(OH)–C–C–N with tert-alkyl or cyclic N) is 1. The summed E-state index contributed by atoms with van der Waals surface area (Å²) in [6.07, 6.45) is 1.30. The molecule has 1 aliphatic heterocycles. The Kier molecular flexibility index (Phi) is 2.55. The molecule has 80 valence electrons. The van der Waals surface area contributed by atoms with Crippen molar-refractivity contribution in [3.8, 4) is 0 Å². The molecule has 2 heterocycles. The van der Waals surface area contributed by atoms with E-state index in [1.165, 1.54) is 0 Å². The first-order valence-corrected chi connectivity index (χ1v) is 4.81. The standard InChI is InChI=1S/C10H13N3O2/c11-9-3-7(1-2-12-9)5-13-6-8(14)4-10(13)15/h1-3,8,14H,4-6H2,(H2,11,12). The Hall–Kier alpha value is -1.62. The Labute approximate surface area is 87.5 Å². The molecule has 15 heavy (non-hydrogen) atoms. The number of aromatic nitrogens is 1. The third-order valence-corrected chi connectivity index (χ3v) is 2.41. The number of aliphatic hydroxyl groups is 1. The van der Waals surface area contributed by atoms with Gasteiger partial charge in [-0.25, -0.2) is 4.98 Å². The molecule has 0 spiro atoms. The number of hydrogen-bond acceptors (Lipinski definition) is 4. The monoisotopic (exact) mass is 207 g/mol. The lowest BCUT2D eigenvalue weighted by molar-refractivity contribution is -0.128. The molecule has 5 heteroatoms. The summed E-state index contributed by atoms with van der Waals surface area (Å²) in [5, 5.41) is 9.30. The molecule has 1 amide bonds. The number of pyridine rings is 1. The second kappa shape index (κ2) is 3.86. The summed E-state index contributed by atoms with van der Waals surface area (Å²) < 4.78 is 0. The Morgan fingerprint density at radius 2 is 2.47 bits per heavy atom. The van der Waals surface area contributed by atoms with E-state index < -0.39 is 6.10 Å². The van der Waals surface area contributed by atoms with Gasteiger partial charge in [-0.2, -0.15) is 0 Å². The molecule has 0 aromatic carbocycles. The Balaban J connectivity index is 2.06. The minimum atomic E-state index is -0.531. The molecule has 0 aliphatic carbocycles. The number of nitrogen functional groups attached to an aromatic ring is 1. The molecule has 1 atom stereocenters. The Morgan fingerprint density at radius 1 is 1.67 bits per heavy atom. The van der Waals surface area contributed by atoms with Gasteiger partial charge in [0, 0.05) is 19.3 Å². The average molecular weight is 207 g/mol. The first-order chi connectivity index (χ1) is 7.15. The number of aliphatic hydroxyl groups excluding tert-OH is 1. The van der Waals surface area contributed by atoms with E-state index >= 15 is 0 Å². The number of amides is 1. The summed E-state index contributed by atoms with van der Waals surface area (Å²) in [6.45, 7) is 0.893. The zero-order valence-corrected chi connectivity index (χ0v) is 8.26. The molecule has 3 N–H and O–H groups in total. The van der Waals surface area contributed by atoms with Crippen molar-refractivity contribution in [2.75, 3.05) is 12.3 Å². The molecule has 1 unspecified atom stereocenters. The highest BCUT2D eigenvalue weighted by atomic mass is 16.3. The van der Waals surface area contributed by atoms with E-state index in [1.54, 1.807) is 17.2 Å². The maximum atomic E-state index is 11.4. The smallest absolute Gasteiger partial charge is 0.225 e. The number of nitrogens with zero attached hydrogens (tertiary/aromatic N) is 2. The van der Waals surface area contributed by atoms with Gasteiger partial charge in [-0.15, -0.1) is 0 Å². The van der Waals surface area contributed by atoms with Gasteiger partial charge in [0.2, 0.25) is 5.91 Å². The van der Waals surface area contributed by atoms with Crippen molar-refractivity contribution in [2.45, 2.75) is 19.1 Å². The van der Waals surface area contributed by atoms with Crippen LogP contribution in [0.15, 0.2) is 18.3 Å². The topological polar surface area (TPSA) is 79.5 Å². The molecule has 2 rings (SSSR count). The van der Waals surface area contributed by atoms with E-state index in [1.807, 2.05) is 6.07 Å². The fraction of sp³-hybridized carbons (Fsp3) is 0.400. The maximum absolute atomic E-state index is 11.4. The molecular formula is C10H13N3O2. The van der Waals surface area contributed by atoms with Crippen molar-refractivity contribution >= 4 is 11.7 Å². The van der Waals surface area contributed by atoms with Crippen LogP contribution in [0.5, 0.6) is 0 Å². The van der Waals surface area contributed by atoms with E-state index in [0.717, 1.165) is 5.56 Å².